The number of para-hydroxylation sites is 1. The summed E-state index contributed by atoms with van der Waals surface area (Å²) in [5.41, 5.74) is 2.27. The topological polar surface area (TPSA) is 95.1 Å². The van der Waals surface area contributed by atoms with Crippen molar-refractivity contribution in [2.45, 2.75) is 6.54 Å². The molecule has 1 aliphatic rings. The second-order valence-corrected chi connectivity index (χ2v) is 7.38. The molecule has 0 aromatic heterocycles. The molecular formula is C26H24N2O6. The van der Waals surface area contributed by atoms with Gasteiger partial charge >= 0.3 is 0 Å². The molecule has 0 radical (unpaired) electrons. The highest BCUT2D eigenvalue weighted by Gasteiger charge is 2.23. The minimum Gasteiger partial charge on any atom is -0.497 e. The summed E-state index contributed by atoms with van der Waals surface area (Å²) in [5.74, 6) is 1.76. The van der Waals surface area contributed by atoms with Crippen molar-refractivity contribution in [3.63, 3.8) is 0 Å². The first-order chi connectivity index (χ1) is 16.5. The van der Waals surface area contributed by atoms with E-state index >= 15 is 0 Å². The molecule has 34 heavy (non-hydrogen) atoms. The minimum atomic E-state index is -0.419. The molecule has 174 valence electrons. The Morgan fingerprint density at radius 3 is 2.53 bits per heavy atom. The lowest BCUT2D eigenvalue weighted by Gasteiger charge is -2.21. The summed E-state index contributed by atoms with van der Waals surface area (Å²) in [6.45, 7) is 0.241. The average Bonchev–Trinajstić information content (AvgIpc) is 2.87. The number of amides is 2. The van der Waals surface area contributed by atoms with E-state index in [4.69, 9.17) is 18.9 Å². The van der Waals surface area contributed by atoms with Gasteiger partial charge in [0.05, 0.1) is 27.0 Å². The Morgan fingerprint density at radius 1 is 0.971 bits per heavy atom. The zero-order valence-corrected chi connectivity index (χ0v) is 19.0. The van der Waals surface area contributed by atoms with E-state index in [1.807, 2.05) is 18.2 Å². The fraction of sp³-hybridized carbons (Fsp3) is 0.154. The third-order valence-corrected chi connectivity index (χ3v) is 5.29. The van der Waals surface area contributed by atoms with Gasteiger partial charge in [-0.2, -0.15) is 0 Å². The highest BCUT2D eigenvalue weighted by Crippen LogP contribution is 2.33. The van der Waals surface area contributed by atoms with Gasteiger partial charge < -0.3 is 29.6 Å². The molecule has 2 N–H and O–H groups in total. The Hall–Kier alpha value is -4.46. The number of hydrogen-bond donors (Lipinski definition) is 2. The Balaban J connectivity index is 1.50. The summed E-state index contributed by atoms with van der Waals surface area (Å²) in [4.78, 5) is 25.4. The molecule has 0 fully saturated rings. The van der Waals surface area contributed by atoms with Crippen molar-refractivity contribution in [2.24, 2.45) is 0 Å². The molecule has 3 aromatic carbocycles. The number of anilines is 1. The molecule has 0 bridgehead atoms. The molecule has 3 aromatic rings. The van der Waals surface area contributed by atoms with Crippen LogP contribution in [0.3, 0.4) is 0 Å². The number of ether oxygens (including phenoxy) is 4. The van der Waals surface area contributed by atoms with Crippen molar-refractivity contribution in [2.75, 3.05) is 26.6 Å². The number of methoxy groups -OCH3 is 3. The molecule has 1 heterocycles. The fourth-order valence-electron chi connectivity index (χ4n) is 3.53. The molecule has 0 aliphatic carbocycles. The van der Waals surface area contributed by atoms with Gasteiger partial charge in [-0.3, -0.25) is 9.59 Å². The van der Waals surface area contributed by atoms with Gasteiger partial charge in [0.25, 0.3) is 11.8 Å². The Labute approximate surface area is 197 Å². The maximum absolute atomic E-state index is 12.8. The lowest BCUT2D eigenvalue weighted by atomic mass is 10.1. The third-order valence-electron chi connectivity index (χ3n) is 5.29. The number of carbonyl (C=O) groups excluding carboxylic acids is 2. The largest absolute Gasteiger partial charge is 0.497 e. The third kappa shape index (κ3) is 4.80. The molecule has 0 saturated heterocycles. The van der Waals surface area contributed by atoms with Gasteiger partial charge in [-0.1, -0.05) is 18.2 Å². The quantitative estimate of drug-likeness (QED) is 0.518. The Kier molecular flexibility index (Phi) is 6.68. The summed E-state index contributed by atoms with van der Waals surface area (Å²) in [6.07, 6.45) is 1.61. The smallest absolute Gasteiger partial charge is 0.291 e. The van der Waals surface area contributed by atoms with Crippen LogP contribution in [0.2, 0.25) is 0 Å². The molecule has 0 atom stereocenters. The van der Waals surface area contributed by atoms with Gasteiger partial charge in [-0.15, -0.1) is 0 Å². The summed E-state index contributed by atoms with van der Waals surface area (Å²) < 4.78 is 21.7. The van der Waals surface area contributed by atoms with Crippen molar-refractivity contribution in [1.29, 1.82) is 0 Å². The summed E-state index contributed by atoms with van der Waals surface area (Å²) in [5, 5.41) is 5.64. The summed E-state index contributed by atoms with van der Waals surface area (Å²) in [7, 11) is 4.70. The number of nitrogens with one attached hydrogen (secondary N) is 2. The molecule has 1 aliphatic heterocycles. The molecule has 0 unspecified atom stereocenters. The van der Waals surface area contributed by atoms with E-state index < -0.39 is 5.91 Å². The monoisotopic (exact) mass is 460 g/mol. The maximum Gasteiger partial charge on any atom is 0.291 e. The summed E-state index contributed by atoms with van der Waals surface area (Å²) >= 11 is 0. The first-order valence-electron chi connectivity index (χ1n) is 10.5. The number of hydrogen-bond acceptors (Lipinski definition) is 6. The molecule has 0 spiro atoms. The van der Waals surface area contributed by atoms with Crippen LogP contribution in [0, 0.1) is 0 Å². The van der Waals surface area contributed by atoms with Gasteiger partial charge in [0.2, 0.25) is 0 Å². The number of fused-ring (bicyclic) bond motifs is 1. The van der Waals surface area contributed by atoms with Gasteiger partial charge in [-0.25, -0.2) is 0 Å². The van der Waals surface area contributed by atoms with Gasteiger partial charge in [0.1, 0.15) is 17.2 Å². The van der Waals surface area contributed by atoms with Gasteiger partial charge in [0, 0.05) is 23.2 Å². The SMILES string of the molecule is COc1ccc(OC)c(CNC(=O)c2ccc3c(c2)NC(=O)C(=Cc2ccccc2OC)O3)c1. The fourth-order valence-corrected chi connectivity index (χ4v) is 3.53. The van der Waals surface area contributed by atoms with Crippen LogP contribution in [-0.4, -0.2) is 33.1 Å². The van der Waals surface area contributed by atoms with Crippen molar-refractivity contribution in [1.82, 2.24) is 5.32 Å². The van der Waals surface area contributed by atoms with Crippen LogP contribution in [-0.2, 0) is 11.3 Å². The molecule has 4 rings (SSSR count). The zero-order chi connectivity index (χ0) is 24.1. The van der Waals surface area contributed by atoms with E-state index in [1.165, 1.54) is 0 Å². The first-order valence-corrected chi connectivity index (χ1v) is 10.5. The van der Waals surface area contributed by atoms with Crippen LogP contribution < -0.4 is 29.6 Å². The Morgan fingerprint density at radius 2 is 1.76 bits per heavy atom. The first kappa shape index (κ1) is 22.7. The van der Waals surface area contributed by atoms with Crippen LogP contribution in [0.5, 0.6) is 23.0 Å². The number of carbonyl (C=O) groups is 2. The van der Waals surface area contributed by atoms with Crippen molar-refractivity contribution in [3.05, 3.63) is 83.1 Å². The highest BCUT2D eigenvalue weighted by atomic mass is 16.5. The van der Waals surface area contributed by atoms with Gasteiger partial charge in [0.15, 0.2) is 11.5 Å². The Bertz CT molecular complexity index is 1270. The summed E-state index contributed by atoms with van der Waals surface area (Å²) in [6, 6.07) is 17.5. The van der Waals surface area contributed by atoms with Gasteiger partial charge in [-0.05, 0) is 48.5 Å². The van der Waals surface area contributed by atoms with Crippen LogP contribution >= 0.6 is 0 Å². The molecule has 8 heteroatoms. The predicted octanol–water partition coefficient (Wildman–Crippen LogP) is 4.01. The van der Waals surface area contributed by atoms with E-state index in [2.05, 4.69) is 10.6 Å². The number of benzene rings is 3. The van der Waals surface area contributed by atoms with Crippen LogP contribution in [0.25, 0.3) is 6.08 Å². The number of rotatable bonds is 7. The van der Waals surface area contributed by atoms with E-state index in [-0.39, 0.29) is 18.2 Å². The van der Waals surface area contributed by atoms with E-state index in [9.17, 15) is 9.59 Å². The average molecular weight is 460 g/mol. The molecular weight excluding hydrogens is 436 g/mol. The van der Waals surface area contributed by atoms with Crippen molar-refractivity contribution >= 4 is 23.6 Å². The molecule has 8 nitrogen and oxygen atoms in total. The molecule has 2 amide bonds. The lowest BCUT2D eigenvalue weighted by Crippen LogP contribution is -2.26. The highest BCUT2D eigenvalue weighted by molar-refractivity contribution is 6.09. The predicted molar refractivity (Wildman–Crippen MR) is 127 cm³/mol. The standard InChI is InChI=1S/C26H24N2O6/c1-31-19-9-11-22(33-3)18(12-19)15-27-25(29)17-8-10-23-20(13-17)28-26(30)24(34-23)14-16-6-4-5-7-21(16)32-2/h4-14H,15H2,1-3H3,(H,27,29)(H,28,30). The second kappa shape index (κ2) is 9.99. The van der Waals surface area contributed by atoms with E-state index in [0.717, 1.165) is 5.56 Å². The zero-order valence-electron chi connectivity index (χ0n) is 19.0. The van der Waals surface area contributed by atoms with E-state index in [1.54, 1.807) is 69.9 Å². The van der Waals surface area contributed by atoms with Crippen molar-refractivity contribution in [3.8, 4) is 23.0 Å². The maximum atomic E-state index is 12.8. The lowest BCUT2D eigenvalue weighted by molar-refractivity contribution is -0.115. The second-order valence-electron chi connectivity index (χ2n) is 7.38. The molecule has 0 saturated carbocycles. The van der Waals surface area contributed by atoms with Crippen LogP contribution in [0.1, 0.15) is 21.5 Å². The van der Waals surface area contributed by atoms with Crippen molar-refractivity contribution < 1.29 is 28.5 Å². The normalized spacial score (nSPS) is 13.4. The van der Waals surface area contributed by atoms with E-state index in [0.29, 0.717) is 39.8 Å². The minimum absolute atomic E-state index is 0.124. The van der Waals surface area contributed by atoms with Crippen LogP contribution in [0.15, 0.2) is 66.4 Å². The van der Waals surface area contributed by atoms with Crippen LogP contribution in [0.4, 0.5) is 5.69 Å².